The van der Waals surface area contributed by atoms with E-state index in [0.717, 1.165) is 24.5 Å². The zero-order chi connectivity index (χ0) is 14.7. The largest absolute Gasteiger partial charge is 0.489 e. The fourth-order valence-corrected chi connectivity index (χ4v) is 2.56. The Morgan fingerprint density at radius 2 is 1.75 bits per heavy atom. The molecular weight excluding hydrogens is 256 g/mol. The monoisotopic (exact) mass is 280 g/mol. The number of methoxy groups -OCH3 is 2. The van der Waals surface area contributed by atoms with Crippen molar-refractivity contribution in [2.45, 2.75) is 32.2 Å². The van der Waals surface area contributed by atoms with Crippen LogP contribution >= 0.6 is 0 Å². The molecule has 0 radical (unpaired) electrons. The number of hydrogen-bond acceptors (Lipinski definition) is 5. The average Bonchev–Trinajstić information content (AvgIpc) is 2.83. The van der Waals surface area contributed by atoms with Crippen molar-refractivity contribution < 1.29 is 14.2 Å². The number of hydrogen-bond donors (Lipinski definition) is 1. The molecule has 0 aliphatic carbocycles. The van der Waals surface area contributed by atoms with Crippen molar-refractivity contribution in [2.75, 3.05) is 37.9 Å². The topological polar surface area (TPSA) is 57.0 Å². The molecule has 5 nitrogen and oxygen atoms in total. The molecule has 0 aromatic heterocycles. The lowest BCUT2D eigenvalue weighted by molar-refractivity contribution is -0.00461. The average molecular weight is 280 g/mol. The molecule has 2 unspecified atom stereocenters. The zero-order valence-electron chi connectivity index (χ0n) is 12.6. The summed E-state index contributed by atoms with van der Waals surface area (Å²) in [6.07, 6.45) is 0.229. The van der Waals surface area contributed by atoms with E-state index in [1.165, 1.54) is 0 Å². The summed E-state index contributed by atoms with van der Waals surface area (Å²) >= 11 is 0. The maximum Gasteiger partial charge on any atom is 0.144 e. The molecule has 1 heterocycles. The van der Waals surface area contributed by atoms with E-state index in [2.05, 4.69) is 4.90 Å². The standard InChI is InChI=1S/C15H24N2O3/c1-10(2)20-12-7-5-6-11(15(12)16)17-8-13(18-3)14(9-17)19-4/h5-7,10,13-14H,8-9,16H2,1-4H3. The predicted octanol–water partition coefficient (Wildman–Crippen LogP) is 1.91. The Balaban J connectivity index is 2.21. The van der Waals surface area contributed by atoms with Crippen molar-refractivity contribution in [3.63, 3.8) is 0 Å². The van der Waals surface area contributed by atoms with Crippen LogP contribution in [0, 0.1) is 0 Å². The molecule has 2 N–H and O–H groups in total. The van der Waals surface area contributed by atoms with Crippen LogP contribution in [0.4, 0.5) is 11.4 Å². The molecule has 1 aromatic rings. The Labute approximate surface area is 120 Å². The number of nitrogens with zero attached hydrogens (tertiary/aromatic N) is 1. The Morgan fingerprint density at radius 3 is 2.25 bits per heavy atom. The smallest absolute Gasteiger partial charge is 0.144 e. The molecule has 1 aliphatic heterocycles. The molecule has 2 rings (SSSR count). The third kappa shape index (κ3) is 2.99. The normalized spacial score (nSPS) is 22.6. The summed E-state index contributed by atoms with van der Waals surface area (Å²) in [5, 5.41) is 0. The van der Waals surface area contributed by atoms with Crippen LogP contribution in [-0.4, -0.2) is 45.6 Å². The number of ether oxygens (including phenoxy) is 3. The fraction of sp³-hybridized carbons (Fsp3) is 0.600. The van der Waals surface area contributed by atoms with Crippen LogP contribution in [0.3, 0.4) is 0 Å². The highest BCUT2D eigenvalue weighted by Gasteiger charge is 2.34. The van der Waals surface area contributed by atoms with E-state index in [1.807, 2.05) is 32.0 Å². The van der Waals surface area contributed by atoms with Gasteiger partial charge >= 0.3 is 0 Å². The molecule has 1 saturated heterocycles. The lowest BCUT2D eigenvalue weighted by atomic mass is 10.2. The first kappa shape index (κ1) is 14.9. The second kappa shape index (κ2) is 6.33. The molecule has 0 amide bonds. The van der Waals surface area contributed by atoms with Crippen LogP contribution in [0.5, 0.6) is 5.75 Å². The van der Waals surface area contributed by atoms with E-state index in [0.29, 0.717) is 5.69 Å². The van der Waals surface area contributed by atoms with Gasteiger partial charge in [-0.15, -0.1) is 0 Å². The number of benzene rings is 1. The summed E-state index contributed by atoms with van der Waals surface area (Å²) < 4.78 is 16.7. The minimum Gasteiger partial charge on any atom is -0.489 e. The van der Waals surface area contributed by atoms with Crippen LogP contribution in [0.15, 0.2) is 18.2 Å². The van der Waals surface area contributed by atoms with Crippen molar-refractivity contribution >= 4 is 11.4 Å². The SMILES string of the molecule is COC1CN(c2cccc(OC(C)C)c2N)CC1OC. The molecule has 1 fully saturated rings. The molecule has 5 heteroatoms. The fourth-order valence-electron chi connectivity index (χ4n) is 2.56. The van der Waals surface area contributed by atoms with Gasteiger partial charge in [-0.1, -0.05) is 6.07 Å². The summed E-state index contributed by atoms with van der Waals surface area (Å²) in [7, 11) is 3.42. The van der Waals surface area contributed by atoms with Crippen LogP contribution < -0.4 is 15.4 Å². The van der Waals surface area contributed by atoms with Gasteiger partial charge in [-0.25, -0.2) is 0 Å². The van der Waals surface area contributed by atoms with Gasteiger partial charge in [-0.3, -0.25) is 0 Å². The molecule has 112 valence electrons. The highest BCUT2D eigenvalue weighted by atomic mass is 16.5. The van der Waals surface area contributed by atoms with Gasteiger partial charge in [0.05, 0.1) is 17.5 Å². The van der Waals surface area contributed by atoms with E-state index in [-0.39, 0.29) is 18.3 Å². The van der Waals surface area contributed by atoms with E-state index >= 15 is 0 Å². The van der Waals surface area contributed by atoms with Gasteiger partial charge in [0.1, 0.15) is 18.0 Å². The van der Waals surface area contributed by atoms with Gasteiger partial charge in [0.25, 0.3) is 0 Å². The summed E-state index contributed by atoms with van der Waals surface area (Å²) in [6.45, 7) is 5.52. The minimum atomic E-state index is 0.0640. The summed E-state index contributed by atoms with van der Waals surface area (Å²) in [6, 6.07) is 5.87. The highest BCUT2D eigenvalue weighted by Crippen LogP contribution is 2.35. The molecule has 0 spiro atoms. The number of nitrogen functional groups attached to an aromatic ring is 1. The Morgan fingerprint density at radius 1 is 1.15 bits per heavy atom. The van der Waals surface area contributed by atoms with Crippen molar-refractivity contribution in [3.05, 3.63) is 18.2 Å². The maximum atomic E-state index is 6.24. The molecule has 1 aromatic carbocycles. The molecule has 0 bridgehead atoms. The van der Waals surface area contributed by atoms with E-state index in [1.54, 1.807) is 14.2 Å². The van der Waals surface area contributed by atoms with Gasteiger partial charge in [-0.05, 0) is 26.0 Å². The molecule has 2 atom stereocenters. The first-order chi connectivity index (χ1) is 9.56. The molecular formula is C15H24N2O3. The second-order valence-corrected chi connectivity index (χ2v) is 5.31. The van der Waals surface area contributed by atoms with Gasteiger partial charge in [0.2, 0.25) is 0 Å². The molecule has 0 saturated carbocycles. The first-order valence-electron chi connectivity index (χ1n) is 6.92. The summed E-state index contributed by atoms with van der Waals surface area (Å²) in [5.41, 5.74) is 7.89. The third-order valence-corrected chi connectivity index (χ3v) is 3.57. The number of rotatable bonds is 5. The lowest BCUT2D eigenvalue weighted by Crippen LogP contribution is -2.27. The Bertz CT molecular complexity index is 439. The quantitative estimate of drug-likeness (QED) is 0.835. The van der Waals surface area contributed by atoms with Gasteiger partial charge in [0, 0.05) is 27.3 Å². The van der Waals surface area contributed by atoms with Crippen LogP contribution in [-0.2, 0) is 9.47 Å². The molecule has 1 aliphatic rings. The Kier molecular flexibility index (Phi) is 4.73. The third-order valence-electron chi connectivity index (χ3n) is 3.57. The van der Waals surface area contributed by atoms with Crippen LogP contribution in [0.2, 0.25) is 0 Å². The number of anilines is 2. The summed E-state index contributed by atoms with van der Waals surface area (Å²) in [4.78, 5) is 2.19. The number of para-hydroxylation sites is 1. The van der Waals surface area contributed by atoms with Crippen LogP contribution in [0.1, 0.15) is 13.8 Å². The first-order valence-corrected chi connectivity index (χ1v) is 6.92. The van der Waals surface area contributed by atoms with Gasteiger partial charge in [0.15, 0.2) is 0 Å². The van der Waals surface area contributed by atoms with Crippen molar-refractivity contribution in [1.29, 1.82) is 0 Å². The zero-order valence-corrected chi connectivity index (χ0v) is 12.6. The number of nitrogens with two attached hydrogens (primary N) is 1. The van der Waals surface area contributed by atoms with Crippen molar-refractivity contribution in [3.8, 4) is 5.75 Å². The molecule has 20 heavy (non-hydrogen) atoms. The summed E-state index contributed by atoms with van der Waals surface area (Å²) in [5.74, 6) is 0.729. The van der Waals surface area contributed by atoms with E-state index in [9.17, 15) is 0 Å². The van der Waals surface area contributed by atoms with Crippen molar-refractivity contribution in [1.82, 2.24) is 0 Å². The highest BCUT2D eigenvalue weighted by molar-refractivity contribution is 5.74. The maximum absolute atomic E-state index is 6.24. The van der Waals surface area contributed by atoms with Crippen LogP contribution in [0.25, 0.3) is 0 Å². The van der Waals surface area contributed by atoms with Gasteiger partial charge < -0.3 is 24.8 Å². The minimum absolute atomic E-state index is 0.0640. The van der Waals surface area contributed by atoms with E-state index < -0.39 is 0 Å². The van der Waals surface area contributed by atoms with E-state index in [4.69, 9.17) is 19.9 Å². The van der Waals surface area contributed by atoms with Gasteiger partial charge in [-0.2, -0.15) is 0 Å². The second-order valence-electron chi connectivity index (χ2n) is 5.31. The lowest BCUT2D eigenvalue weighted by Gasteiger charge is -2.22. The van der Waals surface area contributed by atoms with Crippen molar-refractivity contribution in [2.24, 2.45) is 0 Å². The predicted molar refractivity (Wildman–Crippen MR) is 80.4 cm³/mol. The Hall–Kier alpha value is -1.46.